The predicted molar refractivity (Wildman–Crippen MR) is 149 cm³/mol. The van der Waals surface area contributed by atoms with Gasteiger partial charge in [-0.2, -0.15) is 0 Å². The molecule has 0 aromatic heterocycles. The maximum Gasteiger partial charge on any atom is 0.264 e. The average molecular weight is 558 g/mol. The van der Waals surface area contributed by atoms with Crippen molar-refractivity contribution in [3.05, 3.63) is 88.9 Å². The lowest BCUT2D eigenvalue weighted by Gasteiger charge is -2.32. The molecule has 0 aliphatic carbocycles. The Labute approximate surface area is 229 Å². The molecule has 0 saturated carbocycles. The summed E-state index contributed by atoms with van der Waals surface area (Å²) in [5, 5.41) is 3.13. The number of nitrogens with one attached hydrogen (secondary N) is 1. The summed E-state index contributed by atoms with van der Waals surface area (Å²) in [4.78, 5) is 27.9. The summed E-state index contributed by atoms with van der Waals surface area (Å²) in [5.41, 5.74) is 2.03. The van der Waals surface area contributed by atoms with Gasteiger partial charge in [0.15, 0.2) is 0 Å². The molecule has 0 aliphatic heterocycles. The molecular formula is C28H32ClN3O5S. The van der Waals surface area contributed by atoms with Crippen LogP contribution in [0.25, 0.3) is 0 Å². The molecule has 202 valence electrons. The number of hydrogen-bond acceptors (Lipinski definition) is 5. The van der Waals surface area contributed by atoms with Crippen LogP contribution in [0.15, 0.2) is 77.7 Å². The third-order valence-corrected chi connectivity index (χ3v) is 8.07. The molecule has 2 amide bonds. The monoisotopic (exact) mass is 557 g/mol. The molecule has 1 unspecified atom stereocenters. The van der Waals surface area contributed by atoms with E-state index in [1.165, 1.54) is 29.2 Å². The molecule has 3 rings (SSSR count). The van der Waals surface area contributed by atoms with E-state index in [2.05, 4.69) is 5.32 Å². The van der Waals surface area contributed by atoms with Crippen LogP contribution in [-0.2, 0) is 26.2 Å². The van der Waals surface area contributed by atoms with E-state index in [1.54, 1.807) is 69.5 Å². The van der Waals surface area contributed by atoms with Gasteiger partial charge < -0.3 is 15.0 Å². The Morgan fingerprint density at radius 1 is 0.974 bits per heavy atom. The predicted octanol–water partition coefficient (Wildman–Crippen LogP) is 4.41. The average Bonchev–Trinajstić information content (AvgIpc) is 2.91. The number of methoxy groups -OCH3 is 1. The minimum absolute atomic E-state index is 0.00578. The molecular weight excluding hydrogens is 526 g/mol. The van der Waals surface area contributed by atoms with Gasteiger partial charge in [-0.05, 0) is 74.9 Å². The number of carbonyl (C=O) groups excluding carboxylic acids is 2. The maximum absolute atomic E-state index is 13.8. The lowest BCUT2D eigenvalue weighted by molar-refractivity contribution is -0.139. The summed E-state index contributed by atoms with van der Waals surface area (Å²) < 4.78 is 33.8. The second kappa shape index (κ2) is 12.8. The highest BCUT2D eigenvalue weighted by Crippen LogP contribution is 2.26. The van der Waals surface area contributed by atoms with Crippen molar-refractivity contribution in [3.8, 4) is 5.75 Å². The van der Waals surface area contributed by atoms with E-state index in [4.69, 9.17) is 16.3 Å². The topological polar surface area (TPSA) is 96.0 Å². The number of ether oxygens (including phenoxy) is 1. The lowest BCUT2D eigenvalue weighted by Crippen LogP contribution is -2.51. The number of likely N-dealkylation sites (N-methyl/N-ethyl adjacent to an activating group) is 1. The van der Waals surface area contributed by atoms with Gasteiger partial charge in [0, 0.05) is 18.1 Å². The van der Waals surface area contributed by atoms with Crippen molar-refractivity contribution in [1.29, 1.82) is 0 Å². The zero-order valence-corrected chi connectivity index (χ0v) is 23.4. The highest BCUT2D eigenvalue weighted by atomic mass is 35.5. The molecule has 1 atom stereocenters. The Kier molecular flexibility index (Phi) is 9.77. The molecule has 0 heterocycles. The fourth-order valence-corrected chi connectivity index (χ4v) is 5.35. The Bertz CT molecular complexity index is 1340. The molecule has 0 fully saturated rings. The first-order valence-corrected chi connectivity index (χ1v) is 13.9. The van der Waals surface area contributed by atoms with Gasteiger partial charge >= 0.3 is 0 Å². The molecule has 38 heavy (non-hydrogen) atoms. The van der Waals surface area contributed by atoms with E-state index >= 15 is 0 Å². The van der Waals surface area contributed by atoms with Crippen molar-refractivity contribution in [3.63, 3.8) is 0 Å². The highest BCUT2D eigenvalue weighted by molar-refractivity contribution is 7.92. The highest BCUT2D eigenvalue weighted by Gasteiger charge is 2.32. The zero-order valence-electron chi connectivity index (χ0n) is 21.8. The Morgan fingerprint density at radius 2 is 1.58 bits per heavy atom. The van der Waals surface area contributed by atoms with Crippen LogP contribution in [0.5, 0.6) is 5.75 Å². The molecule has 3 aromatic rings. The summed E-state index contributed by atoms with van der Waals surface area (Å²) in [6.45, 7) is 5.29. The van der Waals surface area contributed by atoms with Crippen LogP contribution in [0.4, 0.5) is 5.69 Å². The van der Waals surface area contributed by atoms with Crippen molar-refractivity contribution in [1.82, 2.24) is 10.2 Å². The molecule has 0 saturated heterocycles. The molecule has 8 nitrogen and oxygen atoms in total. The number of halogens is 1. The van der Waals surface area contributed by atoms with E-state index in [1.807, 2.05) is 6.92 Å². The van der Waals surface area contributed by atoms with Crippen molar-refractivity contribution >= 4 is 39.1 Å². The van der Waals surface area contributed by atoms with Crippen LogP contribution in [0.2, 0.25) is 5.02 Å². The minimum Gasteiger partial charge on any atom is -0.497 e. The van der Waals surface area contributed by atoms with Gasteiger partial charge in [0.05, 0.1) is 17.7 Å². The fraction of sp³-hybridized carbons (Fsp3) is 0.286. The van der Waals surface area contributed by atoms with Gasteiger partial charge in [-0.15, -0.1) is 0 Å². The second-order valence-corrected chi connectivity index (χ2v) is 11.0. The van der Waals surface area contributed by atoms with Gasteiger partial charge in [0.1, 0.15) is 18.3 Å². The molecule has 0 bridgehead atoms. The van der Waals surface area contributed by atoms with Crippen molar-refractivity contribution in [2.75, 3.05) is 24.5 Å². The van der Waals surface area contributed by atoms with Crippen molar-refractivity contribution in [2.24, 2.45) is 0 Å². The first-order valence-electron chi connectivity index (χ1n) is 12.1. The lowest BCUT2D eigenvalue weighted by atomic mass is 10.1. The van der Waals surface area contributed by atoms with Crippen molar-refractivity contribution in [2.45, 2.75) is 38.3 Å². The fourth-order valence-electron chi connectivity index (χ4n) is 3.81. The number of carbonyl (C=O) groups is 2. The number of nitrogens with zero attached hydrogens (tertiary/aromatic N) is 2. The quantitative estimate of drug-likeness (QED) is 0.377. The second-order valence-electron chi connectivity index (χ2n) is 8.74. The van der Waals surface area contributed by atoms with E-state index in [0.29, 0.717) is 23.0 Å². The number of sulfonamides is 1. The van der Waals surface area contributed by atoms with Crippen LogP contribution in [-0.4, -0.2) is 51.4 Å². The smallest absolute Gasteiger partial charge is 0.264 e. The summed E-state index contributed by atoms with van der Waals surface area (Å²) in [6, 6.07) is 18.9. The molecule has 1 N–H and O–H groups in total. The number of rotatable bonds is 11. The third kappa shape index (κ3) is 7.05. The van der Waals surface area contributed by atoms with Crippen LogP contribution in [0.1, 0.15) is 25.0 Å². The number of anilines is 1. The zero-order chi connectivity index (χ0) is 27.9. The largest absolute Gasteiger partial charge is 0.497 e. The number of benzene rings is 3. The SMILES string of the molecule is CCNC(=O)C(C)N(Cc1ccc(OC)cc1)C(=O)CN(c1ccc(C)cc1)S(=O)(=O)c1ccc(Cl)cc1. The summed E-state index contributed by atoms with van der Waals surface area (Å²) in [7, 11) is -2.58. The Morgan fingerprint density at radius 3 is 2.13 bits per heavy atom. The van der Waals surface area contributed by atoms with Crippen LogP contribution >= 0.6 is 11.6 Å². The molecule has 0 radical (unpaired) electrons. The Balaban J connectivity index is 2.01. The van der Waals surface area contributed by atoms with Crippen LogP contribution < -0.4 is 14.4 Å². The third-order valence-electron chi connectivity index (χ3n) is 6.03. The first-order chi connectivity index (χ1) is 18.1. The van der Waals surface area contributed by atoms with Gasteiger partial charge in [0.25, 0.3) is 10.0 Å². The molecule has 3 aromatic carbocycles. The van der Waals surface area contributed by atoms with E-state index in [9.17, 15) is 18.0 Å². The van der Waals surface area contributed by atoms with Gasteiger partial charge in [-0.3, -0.25) is 13.9 Å². The molecule has 0 aliphatic rings. The normalized spacial score (nSPS) is 11.9. The van der Waals surface area contributed by atoms with Crippen LogP contribution in [0.3, 0.4) is 0 Å². The molecule has 0 spiro atoms. The van der Waals surface area contributed by atoms with Gasteiger partial charge in [-0.25, -0.2) is 8.42 Å². The summed E-state index contributed by atoms with van der Waals surface area (Å²) in [5.74, 6) is -0.211. The van der Waals surface area contributed by atoms with Crippen LogP contribution in [0, 0.1) is 6.92 Å². The van der Waals surface area contributed by atoms with E-state index in [0.717, 1.165) is 15.4 Å². The van der Waals surface area contributed by atoms with E-state index < -0.39 is 28.5 Å². The molecule has 10 heteroatoms. The van der Waals surface area contributed by atoms with E-state index in [-0.39, 0.29) is 17.3 Å². The van der Waals surface area contributed by atoms with Gasteiger partial charge in [-0.1, -0.05) is 41.4 Å². The first kappa shape index (κ1) is 29.0. The van der Waals surface area contributed by atoms with Crippen molar-refractivity contribution < 1.29 is 22.7 Å². The minimum atomic E-state index is -4.14. The summed E-state index contributed by atoms with van der Waals surface area (Å²) in [6.07, 6.45) is 0. The van der Waals surface area contributed by atoms with Gasteiger partial charge in [0.2, 0.25) is 11.8 Å². The standard InChI is InChI=1S/C28H32ClN3O5S/c1-5-30-28(34)21(3)31(18-22-8-14-25(37-4)15-9-22)27(33)19-32(24-12-6-20(2)7-13-24)38(35,36)26-16-10-23(29)11-17-26/h6-17,21H,5,18-19H2,1-4H3,(H,30,34). The number of amides is 2. The Hall–Kier alpha value is -3.56. The maximum atomic E-state index is 13.8. The number of aryl methyl sites for hydroxylation is 1. The summed E-state index contributed by atoms with van der Waals surface area (Å²) >= 11 is 5.97. The number of hydrogen-bond donors (Lipinski definition) is 1.